The van der Waals surface area contributed by atoms with Crippen molar-refractivity contribution in [2.45, 2.75) is 0 Å². The van der Waals surface area contributed by atoms with E-state index < -0.39 is 11.9 Å². The molecular formula is C10H9NO4. The Labute approximate surface area is 86.0 Å². The van der Waals surface area contributed by atoms with Crippen molar-refractivity contribution < 1.29 is 19.4 Å². The number of carbonyl (C=O) groups excluding carboxylic acids is 1. The van der Waals surface area contributed by atoms with Gasteiger partial charge in [0.2, 0.25) is 0 Å². The van der Waals surface area contributed by atoms with Crippen LogP contribution in [-0.2, 0) is 9.53 Å². The van der Waals surface area contributed by atoms with Gasteiger partial charge in [-0.1, -0.05) is 6.07 Å². The number of carbonyl (C=O) groups is 2. The molecule has 1 N–H and O–H groups in total. The molecular weight excluding hydrogens is 198 g/mol. The monoisotopic (exact) mass is 207 g/mol. The molecule has 0 saturated heterocycles. The lowest BCUT2D eigenvalue weighted by atomic mass is 10.3. The third-order valence-corrected chi connectivity index (χ3v) is 1.56. The molecule has 15 heavy (non-hydrogen) atoms. The molecule has 0 spiro atoms. The molecule has 0 unspecified atom stereocenters. The zero-order chi connectivity index (χ0) is 11.3. The molecule has 0 radical (unpaired) electrons. The Balaban J connectivity index is 2.92. The Bertz CT molecular complexity index is 412. The molecule has 0 amide bonds. The third-order valence-electron chi connectivity index (χ3n) is 1.56. The fraction of sp³-hybridized carbons (Fsp3) is 0.100. The summed E-state index contributed by atoms with van der Waals surface area (Å²) >= 11 is 0. The van der Waals surface area contributed by atoms with Crippen molar-refractivity contribution in [1.82, 2.24) is 4.98 Å². The maximum atomic E-state index is 11.1. The molecule has 0 fully saturated rings. The molecule has 1 rings (SSSR count). The Morgan fingerprint density at radius 1 is 1.47 bits per heavy atom. The van der Waals surface area contributed by atoms with E-state index in [0.29, 0.717) is 5.69 Å². The SMILES string of the molecule is COC(=O)c1cccc(C=CC(=O)O)n1. The molecule has 78 valence electrons. The molecule has 5 nitrogen and oxygen atoms in total. The van der Waals surface area contributed by atoms with Gasteiger partial charge in [0, 0.05) is 6.08 Å². The van der Waals surface area contributed by atoms with Crippen LogP contribution in [0, 0.1) is 0 Å². The molecule has 0 bridgehead atoms. The highest BCUT2D eigenvalue weighted by Crippen LogP contribution is 2.02. The minimum atomic E-state index is -1.07. The number of hydrogen-bond donors (Lipinski definition) is 1. The van der Waals surface area contributed by atoms with E-state index in [-0.39, 0.29) is 5.69 Å². The second-order valence-electron chi connectivity index (χ2n) is 2.61. The lowest BCUT2D eigenvalue weighted by Crippen LogP contribution is -2.04. The van der Waals surface area contributed by atoms with Gasteiger partial charge in [0.05, 0.1) is 12.8 Å². The number of carboxylic acid groups (broad SMARTS) is 1. The van der Waals surface area contributed by atoms with Crippen LogP contribution < -0.4 is 0 Å². The van der Waals surface area contributed by atoms with Gasteiger partial charge in [0.15, 0.2) is 0 Å². The van der Waals surface area contributed by atoms with Gasteiger partial charge in [-0.3, -0.25) is 0 Å². The average molecular weight is 207 g/mol. The van der Waals surface area contributed by atoms with Crippen molar-refractivity contribution in [1.29, 1.82) is 0 Å². The molecule has 1 aromatic rings. The van der Waals surface area contributed by atoms with E-state index in [1.165, 1.54) is 19.3 Å². The van der Waals surface area contributed by atoms with Gasteiger partial charge in [-0.2, -0.15) is 0 Å². The summed E-state index contributed by atoms with van der Waals surface area (Å²) in [7, 11) is 1.25. The number of rotatable bonds is 3. The summed E-state index contributed by atoms with van der Waals surface area (Å²) in [5.41, 5.74) is 0.533. The minimum Gasteiger partial charge on any atom is -0.478 e. The standard InChI is InChI=1S/C10H9NO4/c1-15-10(14)8-4-2-3-7(11-8)5-6-9(12)13/h2-6H,1H3,(H,12,13). The van der Waals surface area contributed by atoms with Gasteiger partial charge in [0.25, 0.3) is 0 Å². The van der Waals surface area contributed by atoms with E-state index >= 15 is 0 Å². The largest absolute Gasteiger partial charge is 0.478 e. The number of methoxy groups -OCH3 is 1. The van der Waals surface area contributed by atoms with Gasteiger partial charge >= 0.3 is 11.9 Å². The van der Waals surface area contributed by atoms with Crippen LogP contribution in [-0.4, -0.2) is 29.1 Å². The van der Waals surface area contributed by atoms with Crippen LogP contribution in [0.3, 0.4) is 0 Å². The number of aliphatic carboxylic acids is 1. The van der Waals surface area contributed by atoms with Crippen LogP contribution >= 0.6 is 0 Å². The fourth-order valence-electron chi connectivity index (χ4n) is 0.919. The highest BCUT2D eigenvalue weighted by molar-refractivity contribution is 5.88. The summed E-state index contributed by atoms with van der Waals surface area (Å²) in [5, 5.41) is 8.39. The maximum Gasteiger partial charge on any atom is 0.356 e. The van der Waals surface area contributed by atoms with E-state index in [1.807, 2.05) is 0 Å². The van der Waals surface area contributed by atoms with Gasteiger partial charge in [0.1, 0.15) is 5.69 Å². The molecule has 5 heteroatoms. The number of pyridine rings is 1. The zero-order valence-corrected chi connectivity index (χ0v) is 8.01. The van der Waals surface area contributed by atoms with E-state index in [4.69, 9.17) is 5.11 Å². The van der Waals surface area contributed by atoms with Crippen LogP contribution in [0.15, 0.2) is 24.3 Å². The summed E-state index contributed by atoms with van der Waals surface area (Å²) in [6.07, 6.45) is 2.25. The summed E-state index contributed by atoms with van der Waals surface area (Å²) in [5.74, 6) is -1.62. The van der Waals surface area contributed by atoms with Gasteiger partial charge in [-0.05, 0) is 18.2 Å². The summed E-state index contributed by atoms with van der Waals surface area (Å²) in [6.45, 7) is 0. The first kappa shape index (κ1) is 10.9. The number of nitrogens with zero attached hydrogens (tertiary/aromatic N) is 1. The first-order valence-electron chi connectivity index (χ1n) is 4.10. The second-order valence-corrected chi connectivity index (χ2v) is 2.61. The van der Waals surface area contributed by atoms with Gasteiger partial charge < -0.3 is 9.84 Å². The third kappa shape index (κ3) is 3.22. The molecule has 0 aliphatic heterocycles. The highest BCUT2D eigenvalue weighted by atomic mass is 16.5. The highest BCUT2D eigenvalue weighted by Gasteiger charge is 2.05. The molecule has 1 aromatic heterocycles. The second kappa shape index (κ2) is 4.90. The van der Waals surface area contributed by atoms with E-state index in [0.717, 1.165) is 6.08 Å². The first-order chi connectivity index (χ1) is 7.13. The Morgan fingerprint density at radius 3 is 2.80 bits per heavy atom. The van der Waals surface area contributed by atoms with E-state index in [1.54, 1.807) is 12.1 Å². The summed E-state index contributed by atoms with van der Waals surface area (Å²) < 4.78 is 4.47. The summed E-state index contributed by atoms with van der Waals surface area (Å²) in [6, 6.07) is 4.68. The molecule has 1 heterocycles. The fourth-order valence-corrected chi connectivity index (χ4v) is 0.919. The molecule has 0 atom stereocenters. The number of carboxylic acids is 1. The van der Waals surface area contributed by atoms with Crippen LogP contribution in [0.5, 0.6) is 0 Å². The number of hydrogen-bond acceptors (Lipinski definition) is 4. The molecule has 0 saturated carbocycles. The van der Waals surface area contributed by atoms with Crippen molar-refractivity contribution in [3.05, 3.63) is 35.7 Å². The van der Waals surface area contributed by atoms with E-state index in [9.17, 15) is 9.59 Å². The normalized spacial score (nSPS) is 10.2. The van der Waals surface area contributed by atoms with Crippen molar-refractivity contribution >= 4 is 18.0 Å². The van der Waals surface area contributed by atoms with Crippen molar-refractivity contribution in [2.75, 3.05) is 7.11 Å². The quantitative estimate of drug-likeness (QED) is 0.590. The van der Waals surface area contributed by atoms with Crippen LogP contribution in [0.2, 0.25) is 0 Å². The Morgan fingerprint density at radius 2 is 2.20 bits per heavy atom. The molecule has 0 aliphatic rings. The predicted octanol–water partition coefficient (Wildman–Crippen LogP) is 0.966. The van der Waals surface area contributed by atoms with Crippen molar-refractivity contribution in [2.24, 2.45) is 0 Å². The van der Waals surface area contributed by atoms with Crippen LogP contribution in [0.4, 0.5) is 0 Å². The van der Waals surface area contributed by atoms with Gasteiger partial charge in [-0.25, -0.2) is 14.6 Å². The summed E-state index contributed by atoms with van der Waals surface area (Å²) in [4.78, 5) is 25.2. The number of aromatic nitrogens is 1. The molecule has 0 aliphatic carbocycles. The van der Waals surface area contributed by atoms with Crippen LogP contribution in [0.25, 0.3) is 6.08 Å². The first-order valence-corrected chi connectivity index (χ1v) is 4.10. The lowest BCUT2D eigenvalue weighted by molar-refractivity contribution is -0.131. The van der Waals surface area contributed by atoms with Crippen molar-refractivity contribution in [3.63, 3.8) is 0 Å². The zero-order valence-electron chi connectivity index (χ0n) is 8.01. The lowest BCUT2D eigenvalue weighted by Gasteiger charge is -1.98. The van der Waals surface area contributed by atoms with Crippen LogP contribution in [0.1, 0.15) is 16.2 Å². The predicted molar refractivity (Wildman–Crippen MR) is 52.2 cm³/mol. The Hall–Kier alpha value is -2.17. The topological polar surface area (TPSA) is 76.5 Å². The average Bonchev–Trinajstić information content (AvgIpc) is 2.25. The Kier molecular flexibility index (Phi) is 3.56. The number of esters is 1. The van der Waals surface area contributed by atoms with E-state index in [2.05, 4.69) is 9.72 Å². The van der Waals surface area contributed by atoms with Gasteiger partial charge in [-0.15, -0.1) is 0 Å². The van der Waals surface area contributed by atoms with Crippen molar-refractivity contribution in [3.8, 4) is 0 Å². The number of ether oxygens (including phenoxy) is 1. The smallest absolute Gasteiger partial charge is 0.356 e. The molecule has 0 aromatic carbocycles. The maximum absolute atomic E-state index is 11.1. The minimum absolute atomic E-state index is 0.144.